The second-order valence-electron chi connectivity index (χ2n) is 6.00. The maximum atomic E-state index is 13.3. The summed E-state index contributed by atoms with van der Waals surface area (Å²) in [7, 11) is -4.18. The number of terminal acetylenes is 1. The molecule has 0 fully saturated rings. The lowest BCUT2D eigenvalue weighted by Gasteiger charge is -2.24. The molecule has 10 heteroatoms. The molecule has 1 amide bonds. The normalized spacial score (nSPS) is 10.6. The summed E-state index contributed by atoms with van der Waals surface area (Å²) < 4.78 is 32.6. The molecular formula is C21H18Cl2N2O5S. The first-order valence-electron chi connectivity index (χ1n) is 8.76. The van der Waals surface area contributed by atoms with Gasteiger partial charge >= 0.3 is 5.97 Å². The predicted octanol–water partition coefficient (Wildman–Crippen LogP) is 3.28. The van der Waals surface area contributed by atoms with Crippen molar-refractivity contribution in [1.29, 1.82) is 0 Å². The molecule has 2 aromatic rings. The number of nitrogens with one attached hydrogen (secondary N) is 1. The van der Waals surface area contributed by atoms with Gasteiger partial charge in [-0.05, 0) is 42.5 Å². The van der Waals surface area contributed by atoms with Gasteiger partial charge in [-0.3, -0.25) is 9.10 Å². The molecule has 0 aliphatic heterocycles. The summed E-state index contributed by atoms with van der Waals surface area (Å²) in [5.41, 5.74) is 0.237. The second kappa shape index (κ2) is 10.9. The quantitative estimate of drug-likeness (QED) is 0.337. The van der Waals surface area contributed by atoms with E-state index in [0.29, 0.717) is 10.7 Å². The Morgan fingerprint density at radius 1 is 1.19 bits per heavy atom. The fraction of sp³-hybridized carbons (Fsp3) is 0.143. The van der Waals surface area contributed by atoms with Gasteiger partial charge in [0.25, 0.3) is 15.9 Å². The van der Waals surface area contributed by atoms with Gasteiger partial charge in [0.15, 0.2) is 6.61 Å². The van der Waals surface area contributed by atoms with Crippen molar-refractivity contribution in [2.75, 3.05) is 24.0 Å². The predicted molar refractivity (Wildman–Crippen MR) is 120 cm³/mol. The van der Waals surface area contributed by atoms with Crippen LogP contribution in [0.4, 0.5) is 5.69 Å². The third-order valence-corrected chi connectivity index (χ3v) is 6.39. The van der Waals surface area contributed by atoms with E-state index in [9.17, 15) is 18.0 Å². The Morgan fingerprint density at radius 2 is 1.87 bits per heavy atom. The fourth-order valence-electron chi connectivity index (χ4n) is 2.43. The Bertz CT molecular complexity index is 1130. The number of carbonyl (C=O) groups excluding carboxylic acids is 2. The molecule has 0 aliphatic carbocycles. The van der Waals surface area contributed by atoms with Crippen LogP contribution in [-0.2, 0) is 19.6 Å². The summed E-state index contributed by atoms with van der Waals surface area (Å²) >= 11 is 12.0. The van der Waals surface area contributed by atoms with Crippen LogP contribution in [0.25, 0.3) is 0 Å². The maximum absolute atomic E-state index is 13.3. The molecule has 1 N–H and O–H groups in total. The molecule has 0 spiro atoms. The number of halogens is 2. The number of hydrogen-bond acceptors (Lipinski definition) is 5. The number of rotatable bonds is 9. The van der Waals surface area contributed by atoms with Crippen LogP contribution in [0.1, 0.15) is 10.4 Å². The topological polar surface area (TPSA) is 92.8 Å². The van der Waals surface area contributed by atoms with E-state index in [1.54, 1.807) is 12.1 Å². The Labute approximate surface area is 190 Å². The Kier molecular flexibility index (Phi) is 8.51. The van der Waals surface area contributed by atoms with Crippen molar-refractivity contribution in [2.24, 2.45) is 0 Å². The number of carbonyl (C=O) groups is 2. The molecule has 0 heterocycles. The third kappa shape index (κ3) is 6.25. The Hall–Kier alpha value is -2.99. The molecule has 162 valence electrons. The van der Waals surface area contributed by atoms with Crippen LogP contribution in [0.2, 0.25) is 10.0 Å². The van der Waals surface area contributed by atoms with Crippen molar-refractivity contribution in [3.05, 3.63) is 70.7 Å². The van der Waals surface area contributed by atoms with Crippen LogP contribution in [0.5, 0.6) is 0 Å². The molecule has 31 heavy (non-hydrogen) atoms. The van der Waals surface area contributed by atoms with E-state index < -0.39 is 28.5 Å². The average molecular weight is 481 g/mol. The van der Waals surface area contributed by atoms with Gasteiger partial charge in [0.2, 0.25) is 0 Å². The van der Waals surface area contributed by atoms with Crippen molar-refractivity contribution in [3.8, 4) is 12.3 Å². The lowest BCUT2D eigenvalue weighted by molar-refractivity contribution is -0.123. The molecule has 0 aromatic heterocycles. The van der Waals surface area contributed by atoms with Crippen LogP contribution in [0.15, 0.2) is 60.0 Å². The minimum Gasteiger partial charge on any atom is -0.452 e. The molecule has 0 radical (unpaired) electrons. The molecule has 0 aliphatic rings. The molecule has 0 saturated carbocycles. The van der Waals surface area contributed by atoms with Crippen LogP contribution < -0.4 is 9.62 Å². The van der Waals surface area contributed by atoms with Gasteiger partial charge in [-0.15, -0.1) is 13.0 Å². The van der Waals surface area contributed by atoms with Crippen LogP contribution in [0.3, 0.4) is 0 Å². The smallest absolute Gasteiger partial charge is 0.338 e. The highest BCUT2D eigenvalue weighted by Crippen LogP contribution is 2.30. The first-order valence-corrected chi connectivity index (χ1v) is 11.0. The molecule has 0 bridgehead atoms. The van der Waals surface area contributed by atoms with E-state index in [2.05, 4.69) is 17.8 Å². The molecule has 0 atom stereocenters. The average Bonchev–Trinajstić information content (AvgIpc) is 2.75. The highest BCUT2D eigenvalue weighted by molar-refractivity contribution is 7.93. The molecule has 0 unspecified atom stereocenters. The van der Waals surface area contributed by atoms with Gasteiger partial charge in [0, 0.05) is 5.02 Å². The van der Waals surface area contributed by atoms with Gasteiger partial charge in [-0.25, -0.2) is 13.2 Å². The minimum absolute atomic E-state index is 0.0104. The number of anilines is 1. The highest BCUT2D eigenvalue weighted by Gasteiger charge is 2.28. The van der Waals surface area contributed by atoms with Gasteiger partial charge in [0.05, 0.1) is 29.4 Å². The SMILES string of the molecule is C#CCNC(=O)COC(=O)c1ccc(Cl)c(S(=O)(=O)N(CC=C)c2ccc(Cl)cc2)c1. The molecular weight excluding hydrogens is 463 g/mol. The zero-order valence-corrected chi connectivity index (χ0v) is 18.5. The summed E-state index contributed by atoms with van der Waals surface area (Å²) in [4.78, 5) is 23.5. The summed E-state index contributed by atoms with van der Waals surface area (Å²) in [6, 6.07) is 9.80. The largest absolute Gasteiger partial charge is 0.452 e. The van der Waals surface area contributed by atoms with Crippen LogP contribution in [0, 0.1) is 12.3 Å². The van der Waals surface area contributed by atoms with E-state index in [4.69, 9.17) is 34.4 Å². The summed E-state index contributed by atoms with van der Waals surface area (Å²) in [6.45, 7) is 2.96. The summed E-state index contributed by atoms with van der Waals surface area (Å²) in [5.74, 6) is 0.726. The number of ether oxygens (including phenoxy) is 1. The highest BCUT2D eigenvalue weighted by atomic mass is 35.5. The van der Waals surface area contributed by atoms with E-state index >= 15 is 0 Å². The minimum atomic E-state index is -4.18. The summed E-state index contributed by atoms with van der Waals surface area (Å²) in [6.07, 6.45) is 6.44. The second-order valence-corrected chi connectivity index (χ2v) is 8.68. The van der Waals surface area contributed by atoms with Crippen molar-refractivity contribution >= 4 is 50.8 Å². The molecule has 2 aromatic carbocycles. The van der Waals surface area contributed by atoms with Gasteiger partial charge in [-0.2, -0.15) is 0 Å². The zero-order valence-electron chi connectivity index (χ0n) is 16.2. The van der Waals surface area contributed by atoms with E-state index in [1.165, 1.54) is 30.3 Å². The van der Waals surface area contributed by atoms with Gasteiger partial charge < -0.3 is 10.1 Å². The Balaban J connectivity index is 2.34. The first kappa shape index (κ1) is 24.3. The molecule has 0 saturated heterocycles. The van der Waals surface area contributed by atoms with Crippen molar-refractivity contribution < 1.29 is 22.7 Å². The fourth-order valence-corrected chi connectivity index (χ4v) is 4.49. The number of amides is 1. The van der Waals surface area contributed by atoms with E-state index in [-0.39, 0.29) is 28.6 Å². The number of benzene rings is 2. The lowest BCUT2D eigenvalue weighted by Crippen LogP contribution is -2.31. The number of hydrogen-bond donors (Lipinski definition) is 1. The van der Waals surface area contributed by atoms with Crippen LogP contribution >= 0.6 is 23.2 Å². The first-order chi connectivity index (χ1) is 14.7. The molecule has 7 nitrogen and oxygen atoms in total. The van der Waals surface area contributed by atoms with Gasteiger partial charge in [-0.1, -0.05) is 35.2 Å². The summed E-state index contributed by atoms with van der Waals surface area (Å²) in [5, 5.41) is 2.69. The van der Waals surface area contributed by atoms with Crippen molar-refractivity contribution in [1.82, 2.24) is 5.32 Å². The Morgan fingerprint density at radius 3 is 2.48 bits per heavy atom. The number of esters is 1. The van der Waals surface area contributed by atoms with E-state index in [0.717, 1.165) is 10.4 Å². The number of sulfonamides is 1. The molecule has 2 rings (SSSR count). The standard InChI is InChI=1S/C21H18Cl2N2O5S/c1-3-11-24-20(26)14-30-21(27)15-5-10-18(23)19(13-15)31(28,29)25(12-4-2)17-8-6-16(22)7-9-17/h1,4-10,13H,2,11-12,14H2,(H,24,26). The monoisotopic (exact) mass is 480 g/mol. The lowest BCUT2D eigenvalue weighted by atomic mass is 10.2. The zero-order chi connectivity index (χ0) is 23.0. The van der Waals surface area contributed by atoms with Crippen molar-refractivity contribution in [3.63, 3.8) is 0 Å². The van der Waals surface area contributed by atoms with Crippen molar-refractivity contribution in [2.45, 2.75) is 4.90 Å². The van der Waals surface area contributed by atoms with E-state index in [1.807, 2.05) is 0 Å². The number of nitrogens with zero attached hydrogens (tertiary/aromatic N) is 1. The third-order valence-electron chi connectivity index (χ3n) is 3.87. The van der Waals surface area contributed by atoms with Gasteiger partial charge in [0.1, 0.15) is 4.90 Å². The van der Waals surface area contributed by atoms with Crippen LogP contribution in [-0.4, -0.2) is 40.0 Å². The maximum Gasteiger partial charge on any atom is 0.338 e.